The van der Waals surface area contributed by atoms with Crippen LogP contribution < -0.4 is 11.1 Å². The topological polar surface area (TPSA) is 109 Å². The second-order valence-electron chi connectivity index (χ2n) is 3.90. The van der Waals surface area contributed by atoms with Crippen molar-refractivity contribution in [2.45, 2.75) is 26.3 Å². The molecule has 6 nitrogen and oxygen atoms in total. The molecule has 4 N–H and O–H groups in total. The van der Waals surface area contributed by atoms with E-state index in [-0.39, 0.29) is 24.0 Å². The van der Waals surface area contributed by atoms with Gasteiger partial charge in [0.1, 0.15) is 6.04 Å². The van der Waals surface area contributed by atoms with Gasteiger partial charge in [-0.05, 0) is 5.92 Å². The third-order valence-electron chi connectivity index (χ3n) is 1.97. The molecule has 0 unspecified atom stereocenters. The first-order chi connectivity index (χ1) is 7.84. The zero-order valence-electron chi connectivity index (χ0n) is 9.93. The third kappa shape index (κ3) is 7.62. The molecule has 0 aromatic rings. The number of rotatable bonds is 8. The number of primary amides is 1. The fourth-order valence-electron chi connectivity index (χ4n) is 1.10. The fraction of sp³-hybridized carbons (Fsp3) is 0.700. The molecule has 7 heteroatoms. The number of carbonyl (C=O) groups excluding carboxylic acids is 2. The molecule has 1 atom stereocenters. The van der Waals surface area contributed by atoms with Crippen molar-refractivity contribution in [2.75, 3.05) is 11.5 Å². The van der Waals surface area contributed by atoms with Crippen LogP contribution in [0.3, 0.4) is 0 Å². The highest BCUT2D eigenvalue weighted by molar-refractivity contribution is 7.99. The Balaban J connectivity index is 3.91. The summed E-state index contributed by atoms with van der Waals surface area (Å²) in [5.74, 6) is -1.36. The first-order valence-corrected chi connectivity index (χ1v) is 6.38. The quantitative estimate of drug-likeness (QED) is 0.526. The number of thioether (sulfide) groups is 1. The van der Waals surface area contributed by atoms with E-state index in [9.17, 15) is 14.4 Å². The van der Waals surface area contributed by atoms with E-state index in [1.54, 1.807) is 13.8 Å². The Morgan fingerprint density at radius 3 is 2.35 bits per heavy atom. The van der Waals surface area contributed by atoms with Crippen molar-refractivity contribution < 1.29 is 19.5 Å². The first-order valence-electron chi connectivity index (χ1n) is 5.22. The van der Waals surface area contributed by atoms with Crippen molar-refractivity contribution >= 4 is 29.5 Å². The molecule has 0 fully saturated rings. The molecule has 98 valence electrons. The highest BCUT2D eigenvalue weighted by Gasteiger charge is 2.22. The smallest absolute Gasteiger partial charge is 0.326 e. The number of carboxylic acid groups (broad SMARTS) is 1. The number of nitrogens with one attached hydrogen (secondary N) is 1. The molecule has 0 aromatic carbocycles. The number of hydrogen-bond donors (Lipinski definition) is 3. The lowest BCUT2D eigenvalue weighted by molar-refractivity contribution is -0.143. The maximum absolute atomic E-state index is 11.4. The van der Waals surface area contributed by atoms with Crippen LogP contribution in [0.5, 0.6) is 0 Å². The van der Waals surface area contributed by atoms with Crippen molar-refractivity contribution in [1.82, 2.24) is 5.32 Å². The van der Waals surface area contributed by atoms with E-state index in [1.165, 1.54) is 11.8 Å². The van der Waals surface area contributed by atoms with Crippen LogP contribution in [0.1, 0.15) is 20.3 Å². The summed E-state index contributed by atoms with van der Waals surface area (Å²) in [6.45, 7) is 3.45. The van der Waals surface area contributed by atoms with Gasteiger partial charge in [-0.1, -0.05) is 13.8 Å². The summed E-state index contributed by atoms with van der Waals surface area (Å²) in [6, 6.07) is -0.872. The van der Waals surface area contributed by atoms with E-state index < -0.39 is 17.9 Å². The van der Waals surface area contributed by atoms with E-state index in [0.717, 1.165) is 0 Å². The summed E-state index contributed by atoms with van der Waals surface area (Å²) in [4.78, 5) is 32.6. The van der Waals surface area contributed by atoms with Gasteiger partial charge in [0, 0.05) is 12.2 Å². The number of carbonyl (C=O) groups is 3. The predicted octanol–water partition coefficient (Wildman–Crippen LogP) is -0.180. The minimum Gasteiger partial charge on any atom is -0.480 e. The molecular formula is C10H18N2O4S. The molecule has 0 heterocycles. The largest absolute Gasteiger partial charge is 0.480 e. The van der Waals surface area contributed by atoms with Gasteiger partial charge >= 0.3 is 5.97 Å². The molecule has 0 saturated heterocycles. The van der Waals surface area contributed by atoms with Crippen molar-refractivity contribution in [3.05, 3.63) is 0 Å². The van der Waals surface area contributed by atoms with Gasteiger partial charge in [-0.25, -0.2) is 4.79 Å². The van der Waals surface area contributed by atoms with Gasteiger partial charge < -0.3 is 16.2 Å². The zero-order chi connectivity index (χ0) is 13.4. The SMILES string of the molecule is CC(C)[C@@H](NC(=O)CCSCC(N)=O)C(=O)O. The molecule has 17 heavy (non-hydrogen) atoms. The maximum atomic E-state index is 11.4. The Kier molecular flexibility index (Phi) is 7.36. The number of nitrogens with two attached hydrogens (primary N) is 1. The predicted molar refractivity (Wildman–Crippen MR) is 65.5 cm³/mol. The van der Waals surface area contributed by atoms with Crippen LogP contribution >= 0.6 is 11.8 Å². The van der Waals surface area contributed by atoms with E-state index in [4.69, 9.17) is 10.8 Å². The van der Waals surface area contributed by atoms with Crippen LogP contribution in [0.25, 0.3) is 0 Å². The molecule has 0 aliphatic rings. The Hall–Kier alpha value is -1.24. The summed E-state index contributed by atoms with van der Waals surface area (Å²) in [6.07, 6.45) is 0.175. The van der Waals surface area contributed by atoms with Crippen LogP contribution in [0.15, 0.2) is 0 Å². The first kappa shape index (κ1) is 15.8. The van der Waals surface area contributed by atoms with E-state index >= 15 is 0 Å². The maximum Gasteiger partial charge on any atom is 0.326 e. The highest BCUT2D eigenvalue weighted by atomic mass is 32.2. The van der Waals surface area contributed by atoms with Gasteiger partial charge in [0.2, 0.25) is 11.8 Å². The number of aliphatic carboxylic acids is 1. The van der Waals surface area contributed by atoms with Crippen molar-refractivity contribution in [2.24, 2.45) is 11.7 Å². The summed E-state index contributed by atoms with van der Waals surface area (Å²) in [5, 5.41) is 11.3. The Bertz CT molecular complexity index is 294. The van der Waals surface area contributed by atoms with E-state index in [2.05, 4.69) is 5.32 Å². The van der Waals surface area contributed by atoms with Gasteiger partial charge in [0.15, 0.2) is 0 Å². The van der Waals surface area contributed by atoms with Crippen molar-refractivity contribution in [1.29, 1.82) is 0 Å². The van der Waals surface area contributed by atoms with Crippen LogP contribution in [0, 0.1) is 5.92 Å². The summed E-state index contributed by atoms with van der Waals surface area (Å²) < 4.78 is 0. The monoisotopic (exact) mass is 262 g/mol. The zero-order valence-corrected chi connectivity index (χ0v) is 10.8. The average molecular weight is 262 g/mol. The summed E-state index contributed by atoms with van der Waals surface area (Å²) in [5.41, 5.74) is 4.93. The molecule has 0 radical (unpaired) electrons. The number of amides is 2. The Morgan fingerprint density at radius 1 is 1.35 bits per heavy atom. The molecular weight excluding hydrogens is 244 g/mol. The van der Waals surface area contributed by atoms with Crippen LogP contribution in [0.4, 0.5) is 0 Å². The Labute approximate surface area is 104 Å². The highest BCUT2D eigenvalue weighted by Crippen LogP contribution is 2.04. The van der Waals surface area contributed by atoms with Gasteiger partial charge in [-0.3, -0.25) is 9.59 Å². The average Bonchev–Trinajstić information content (AvgIpc) is 2.19. The number of carboxylic acids is 1. The number of hydrogen-bond acceptors (Lipinski definition) is 4. The van der Waals surface area contributed by atoms with Crippen molar-refractivity contribution in [3.8, 4) is 0 Å². The lowest BCUT2D eigenvalue weighted by Gasteiger charge is -2.17. The molecule has 2 amide bonds. The lowest BCUT2D eigenvalue weighted by atomic mass is 10.0. The minimum absolute atomic E-state index is 0.166. The Morgan fingerprint density at radius 2 is 1.94 bits per heavy atom. The molecule has 0 saturated carbocycles. The third-order valence-corrected chi connectivity index (χ3v) is 2.95. The fourth-order valence-corrected chi connectivity index (χ4v) is 1.77. The molecule has 0 aliphatic heterocycles. The molecule has 0 rings (SSSR count). The standard InChI is InChI=1S/C10H18N2O4S/c1-6(2)9(10(15)16)12-8(14)3-4-17-5-7(11)13/h6,9H,3-5H2,1-2H3,(H2,11,13)(H,12,14)(H,15,16)/t9-/m1/s1. The normalized spacial score (nSPS) is 12.2. The van der Waals surface area contributed by atoms with Crippen LogP contribution in [-0.4, -0.2) is 40.4 Å². The van der Waals surface area contributed by atoms with E-state index in [0.29, 0.717) is 5.75 Å². The van der Waals surface area contributed by atoms with Gasteiger partial charge in [-0.2, -0.15) is 11.8 Å². The molecule has 0 aliphatic carbocycles. The van der Waals surface area contributed by atoms with Crippen LogP contribution in [0.2, 0.25) is 0 Å². The van der Waals surface area contributed by atoms with Crippen LogP contribution in [-0.2, 0) is 14.4 Å². The minimum atomic E-state index is -1.04. The second-order valence-corrected chi connectivity index (χ2v) is 5.00. The molecule has 0 spiro atoms. The molecule has 0 bridgehead atoms. The van der Waals surface area contributed by atoms with Gasteiger partial charge in [0.25, 0.3) is 0 Å². The van der Waals surface area contributed by atoms with E-state index in [1.807, 2.05) is 0 Å². The van der Waals surface area contributed by atoms with Gasteiger partial charge in [-0.15, -0.1) is 0 Å². The summed E-state index contributed by atoms with van der Waals surface area (Å²) in [7, 11) is 0. The lowest BCUT2D eigenvalue weighted by Crippen LogP contribution is -2.44. The van der Waals surface area contributed by atoms with Gasteiger partial charge in [0.05, 0.1) is 5.75 Å². The summed E-state index contributed by atoms with van der Waals surface area (Å²) >= 11 is 1.25. The van der Waals surface area contributed by atoms with Crippen molar-refractivity contribution in [3.63, 3.8) is 0 Å². The second kappa shape index (κ2) is 7.94. The molecule has 0 aromatic heterocycles.